The molecule has 15 atom stereocenters. The minimum Gasteiger partial charge on any atom is -0.350 e. The molecular formula is C42H56BrN9O29P4. The molecule has 0 spiro atoms. The highest BCUT2D eigenvalue weighted by molar-refractivity contribution is 9.09. The molecule has 4 aromatic heterocycles. The van der Waals surface area contributed by atoms with Crippen LogP contribution in [0.2, 0.25) is 0 Å². The van der Waals surface area contributed by atoms with Gasteiger partial charge in [-0.05, 0) is 27.7 Å². The summed E-state index contributed by atoms with van der Waals surface area (Å²) in [5.74, 6) is -0.551. The van der Waals surface area contributed by atoms with Gasteiger partial charge >= 0.3 is 54.0 Å². The average Bonchev–Trinajstić information content (AvgIpc) is 3.06. The molecule has 0 aromatic carbocycles. The number of carbonyl (C=O) groups excluding carboxylic acids is 1. The van der Waals surface area contributed by atoms with Gasteiger partial charge in [0.05, 0.1) is 37.8 Å². The number of hydrogen-bond donors (Lipinski definition) is 10. The van der Waals surface area contributed by atoms with Gasteiger partial charge in [-0.25, -0.2) is 37.4 Å². The quantitative estimate of drug-likeness (QED) is 0.0270. The number of phosphoric ester groups is 4. The fraction of sp³-hybridized carbons (Fsp3) is 0.595. The molecule has 1 amide bonds. The molecule has 85 heavy (non-hydrogen) atoms. The first-order valence-electron chi connectivity index (χ1n) is 25.1. The highest BCUT2D eigenvalue weighted by Crippen LogP contribution is 2.54. The summed E-state index contributed by atoms with van der Waals surface area (Å²) in [6, 6.07) is -0.966. The summed E-state index contributed by atoms with van der Waals surface area (Å²) >= 11 is 3.03. The molecule has 0 saturated carbocycles. The Labute approximate surface area is 482 Å². The van der Waals surface area contributed by atoms with Crippen LogP contribution in [0.3, 0.4) is 0 Å². The van der Waals surface area contributed by atoms with Gasteiger partial charge in [-0.15, -0.1) is 0 Å². The van der Waals surface area contributed by atoms with E-state index >= 15 is 0 Å². The van der Waals surface area contributed by atoms with Crippen LogP contribution in [0.4, 0.5) is 0 Å². The van der Waals surface area contributed by atoms with Crippen molar-refractivity contribution in [2.45, 2.75) is 127 Å². The van der Waals surface area contributed by atoms with E-state index in [4.69, 9.17) is 46.1 Å². The van der Waals surface area contributed by atoms with Crippen molar-refractivity contribution in [2.75, 3.05) is 31.8 Å². The largest absolute Gasteiger partial charge is 0.472 e. The lowest BCUT2D eigenvalue weighted by molar-refractivity contribution is -0.119. The van der Waals surface area contributed by atoms with E-state index in [1.54, 1.807) is 0 Å². The van der Waals surface area contributed by atoms with Crippen molar-refractivity contribution < 1.29 is 98.1 Å². The summed E-state index contributed by atoms with van der Waals surface area (Å²) in [4.78, 5) is 173. The number of nitrogens with one attached hydrogen (secondary N) is 5. The number of alkyl halides is 1. The van der Waals surface area contributed by atoms with Crippen molar-refractivity contribution >= 4 is 53.1 Å². The molecule has 10 N–H and O–H groups in total. The van der Waals surface area contributed by atoms with Crippen LogP contribution in [0, 0.1) is 27.7 Å². The van der Waals surface area contributed by atoms with E-state index in [9.17, 15) is 85.9 Å². The molecular weight excluding hydrogens is 1300 g/mol. The molecule has 4 aromatic rings. The SMILES string of the molecule is Cc1cn(C2CC(NC(=O)CBr)C(COP(=O)(O)OC3CC(n4cc(C)c(=O)[nH]c4=O)OC3COP(=O)(O)OC3CC(n4cc(C)c(=O)[nH]c4=O)OC3COP(=O)(O)OC3CC(n4cc(C)c(=O)[nH]c4=O)OC3COP(=O)(O)O)O2)c(=O)[nH]c1=O. The molecule has 0 aliphatic carbocycles. The van der Waals surface area contributed by atoms with E-state index in [2.05, 4.69) is 40.7 Å². The molecule has 470 valence electrons. The van der Waals surface area contributed by atoms with Gasteiger partial charge < -0.3 is 48.7 Å². The molecule has 8 heterocycles. The zero-order valence-electron chi connectivity index (χ0n) is 44.6. The molecule has 4 aliphatic rings. The normalized spacial score (nSPS) is 28.3. The van der Waals surface area contributed by atoms with Crippen LogP contribution in [-0.2, 0) is 73.7 Å². The first-order valence-corrected chi connectivity index (χ1v) is 32.2. The third kappa shape index (κ3) is 16.6. The van der Waals surface area contributed by atoms with Crippen LogP contribution in [0.15, 0.2) is 63.1 Å². The Hall–Kier alpha value is -5.05. The Kier molecular flexibility index (Phi) is 20.4. The van der Waals surface area contributed by atoms with Gasteiger partial charge in [-0.2, -0.15) is 0 Å². The first-order chi connectivity index (χ1) is 39.7. The van der Waals surface area contributed by atoms with Gasteiger partial charge in [-0.1, -0.05) is 15.9 Å². The number of H-pyrrole nitrogens is 4. The Morgan fingerprint density at radius 3 is 1.06 bits per heavy atom. The van der Waals surface area contributed by atoms with E-state index in [0.29, 0.717) is 0 Å². The lowest BCUT2D eigenvalue weighted by Gasteiger charge is -2.25. The summed E-state index contributed by atoms with van der Waals surface area (Å²) in [5, 5.41) is 2.46. The fourth-order valence-electron chi connectivity index (χ4n) is 9.33. The average molecular weight is 1350 g/mol. The Balaban J connectivity index is 0.990. The maximum absolute atomic E-state index is 14.0. The molecule has 4 saturated heterocycles. The number of nitrogens with zero attached hydrogens (tertiary/aromatic N) is 4. The number of halogens is 1. The third-order valence-corrected chi connectivity index (χ3v) is 17.5. The molecule has 8 rings (SSSR count). The maximum atomic E-state index is 14.0. The van der Waals surface area contributed by atoms with Crippen molar-refractivity contribution in [1.82, 2.24) is 43.5 Å². The van der Waals surface area contributed by atoms with Crippen LogP contribution in [0.5, 0.6) is 0 Å². The molecule has 0 bridgehead atoms. The number of aromatic amines is 4. The van der Waals surface area contributed by atoms with Gasteiger partial charge in [0.15, 0.2) is 0 Å². The molecule has 0 radical (unpaired) electrons. The number of rotatable bonds is 24. The van der Waals surface area contributed by atoms with Crippen molar-refractivity contribution in [3.05, 3.63) is 130 Å². The van der Waals surface area contributed by atoms with Crippen molar-refractivity contribution in [2.24, 2.45) is 0 Å². The second kappa shape index (κ2) is 26.3. The maximum Gasteiger partial charge on any atom is 0.472 e. The molecule has 4 fully saturated rings. The number of ether oxygens (including phenoxy) is 4. The number of carbonyl (C=O) groups is 1. The summed E-state index contributed by atoms with van der Waals surface area (Å²) in [6.45, 7) is 1.49. The van der Waals surface area contributed by atoms with Crippen LogP contribution < -0.4 is 50.3 Å². The number of aryl methyl sites for hydroxylation is 4. The number of aromatic nitrogens is 8. The summed E-state index contributed by atoms with van der Waals surface area (Å²) in [7, 11) is -21.5. The predicted octanol–water partition coefficient (Wildman–Crippen LogP) is -1.93. The lowest BCUT2D eigenvalue weighted by atomic mass is 10.1. The standard InChI is InChI=1S/C42H56BrN9O29P4/c1-18-10-49(39(58)45-35(18)54)31-5-22(44-30(53)9-43)26(75-31)14-72-83(65,66)80-24-7-33(51-12-20(3)37(56)47-41(51)60)77-28(24)16-74-85(69,70)81-25-8-34(52-13-21(4)38(57)48-42(52)61)78-29(25)17-73-84(67,68)79-23-6-32(76-27(23)15-71-82(62,63)64)50-11-19(2)36(55)46-40(50)59/h10-13,22-29,31-34H,5-9,14-17H2,1-4H3,(H,44,53)(H,65,66)(H,67,68)(H,69,70)(H,45,54,58)(H,46,55,59)(H,47,56,60)(H,48,57,61)(H2,62,63,64). The van der Waals surface area contributed by atoms with Gasteiger partial charge in [0.25, 0.3) is 22.2 Å². The van der Waals surface area contributed by atoms with E-state index < -0.39 is 202 Å². The Morgan fingerprint density at radius 2 is 0.765 bits per heavy atom. The van der Waals surface area contributed by atoms with Crippen LogP contribution >= 0.6 is 47.2 Å². The fourth-order valence-corrected chi connectivity index (χ4v) is 12.7. The zero-order chi connectivity index (χ0) is 62.2. The van der Waals surface area contributed by atoms with Crippen molar-refractivity contribution in [1.29, 1.82) is 0 Å². The molecule has 38 nitrogen and oxygen atoms in total. The second-order valence-corrected chi connectivity index (χ2v) is 25.7. The topological polar surface area (TPSA) is 520 Å². The minimum absolute atomic E-state index is 0.00776. The number of phosphoric acid groups is 4. The van der Waals surface area contributed by atoms with Crippen LogP contribution in [-0.4, -0.2) is 149 Å². The molecule has 43 heteroatoms. The number of hydrogen-bond acceptors (Lipinski definition) is 24. The number of amides is 1. The Bertz CT molecular complexity index is 3870. The summed E-state index contributed by atoms with van der Waals surface area (Å²) in [6.07, 6.45) is -14.1. The van der Waals surface area contributed by atoms with E-state index in [-0.39, 0.29) is 34.0 Å². The second-order valence-electron chi connectivity index (χ2n) is 19.7. The minimum atomic E-state index is -5.53. The van der Waals surface area contributed by atoms with Gasteiger partial charge in [0.2, 0.25) is 5.91 Å². The third-order valence-electron chi connectivity index (χ3n) is 13.5. The van der Waals surface area contributed by atoms with E-state index in [1.165, 1.54) is 33.9 Å². The zero-order valence-corrected chi connectivity index (χ0v) is 49.8. The van der Waals surface area contributed by atoms with Crippen molar-refractivity contribution in [3.8, 4) is 0 Å². The smallest absolute Gasteiger partial charge is 0.350 e. The summed E-state index contributed by atoms with van der Waals surface area (Å²) < 4.78 is 117. The Morgan fingerprint density at radius 1 is 0.494 bits per heavy atom. The van der Waals surface area contributed by atoms with Crippen molar-refractivity contribution in [3.63, 3.8) is 0 Å². The molecule has 4 aliphatic heterocycles. The lowest BCUT2D eigenvalue weighted by Crippen LogP contribution is -2.42. The molecule has 15 unspecified atom stereocenters. The van der Waals surface area contributed by atoms with Crippen LogP contribution in [0.1, 0.15) is 72.8 Å². The highest BCUT2D eigenvalue weighted by Gasteiger charge is 2.49. The highest BCUT2D eigenvalue weighted by atomic mass is 79.9. The van der Waals surface area contributed by atoms with Gasteiger partial charge in [0, 0.05) is 72.7 Å². The van der Waals surface area contributed by atoms with Gasteiger partial charge in [-0.3, -0.25) is 93.8 Å². The monoisotopic (exact) mass is 1350 g/mol. The summed E-state index contributed by atoms with van der Waals surface area (Å²) in [5.41, 5.74) is -6.75. The first kappa shape index (κ1) is 65.9. The predicted molar refractivity (Wildman–Crippen MR) is 284 cm³/mol. The van der Waals surface area contributed by atoms with Crippen LogP contribution in [0.25, 0.3) is 0 Å². The van der Waals surface area contributed by atoms with E-state index in [1.807, 2.05) is 4.98 Å². The van der Waals surface area contributed by atoms with Gasteiger partial charge in [0.1, 0.15) is 67.6 Å². The van der Waals surface area contributed by atoms with E-state index in [0.717, 1.165) is 36.9 Å².